The molecule has 3 aromatic carbocycles. The van der Waals surface area contributed by atoms with Crippen LogP contribution in [0.25, 0.3) is 11.1 Å². The van der Waals surface area contributed by atoms with Gasteiger partial charge in [-0.3, -0.25) is 19.3 Å². The third kappa shape index (κ3) is 5.13. The SMILES string of the molecule is COc1ccc(CNCc2cccc(F)c2)cc1-c1ccc(O)c2c1C[C@@H]1C[C@@H]3C(N(C)C)C(O)=C(C(N)=O)C(=O)[C@]3(O)C(O)=C1C2=O. The van der Waals surface area contributed by atoms with E-state index in [2.05, 4.69) is 5.32 Å². The summed E-state index contributed by atoms with van der Waals surface area (Å²) in [5, 5.41) is 48.7. The third-order valence-corrected chi connectivity index (χ3v) is 9.71. The molecule has 12 heteroatoms. The van der Waals surface area contributed by atoms with Crippen LogP contribution >= 0.6 is 0 Å². The zero-order valence-corrected chi connectivity index (χ0v) is 26.6. The molecule has 48 heavy (non-hydrogen) atoms. The van der Waals surface area contributed by atoms with Crippen LogP contribution in [0.2, 0.25) is 0 Å². The van der Waals surface area contributed by atoms with Crippen molar-refractivity contribution in [3.05, 3.63) is 105 Å². The molecule has 0 aliphatic heterocycles. The molecule has 0 bridgehead atoms. The Morgan fingerprint density at radius 1 is 1.04 bits per heavy atom. The molecule has 1 unspecified atom stereocenters. The zero-order valence-electron chi connectivity index (χ0n) is 26.6. The van der Waals surface area contributed by atoms with Crippen LogP contribution in [-0.4, -0.2) is 75.6 Å². The molecule has 0 saturated carbocycles. The van der Waals surface area contributed by atoms with E-state index in [-0.39, 0.29) is 35.5 Å². The van der Waals surface area contributed by atoms with Gasteiger partial charge in [-0.05, 0) is 85.4 Å². The Labute approximate surface area is 275 Å². The second kappa shape index (κ2) is 12.2. The number of amides is 1. The smallest absolute Gasteiger partial charge is 0.255 e. The number of likely N-dealkylation sites (N-methyl/N-ethyl adjacent to an activating group) is 1. The number of aromatic hydroxyl groups is 1. The van der Waals surface area contributed by atoms with E-state index in [1.165, 1.54) is 30.2 Å². The number of ether oxygens (including phenoxy) is 1. The van der Waals surface area contributed by atoms with Crippen LogP contribution in [-0.2, 0) is 29.1 Å². The van der Waals surface area contributed by atoms with Gasteiger partial charge in [-0.25, -0.2) is 4.39 Å². The highest BCUT2D eigenvalue weighted by molar-refractivity contribution is 6.25. The van der Waals surface area contributed by atoms with E-state index in [9.17, 15) is 39.2 Å². The van der Waals surface area contributed by atoms with Gasteiger partial charge in [0.1, 0.15) is 34.4 Å². The van der Waals surface area contributed by atoms with E-state index in [4.69, 9.17) is 10.5 Å². The predicted octanol–water partition coefficient (Wildman–Crippen LogP) is 3.23. The number of nitrogens with one attached hydrogen (secondary N) is 1. The maximum absolute atomic E-state index is 14.2. The zero-order chi connectivity index (χ0) is 34.7. The molecule has 1 amide bonds. The van der Waals surface area contributed by atoms with Gasteiger partial charge in [0.2, 0.25) is 5.78 Å². The molecule has 3 aliphatic rings. The number of allylic oxidation sites excluding steroid dienone is 1. The van der Waals surface area contributed by atoms with Crippen molar-refractivity contribution in [3.63, 3.8) is 0 Å². The van der Waals surface area contributed by atoms with Crippen LogP contribution in [0.3, 0.4) is 0 Å². The lowest BCUT2D eigenvalue weighted by atomic mass is 9.58. The molecular formula is C36H36FN3O8. The number of benzene rings is 3. The van der Waals surface area contributed by atoms with Gasteiger partial charge in [-0.2, -0.15) is 0 Å². The van der Waals surface area contributed by atoms with Crippen LogP contribution < -0.4 is 15.8 Å². The normalized spacial score (nSPS) is 23.6. The maximum atomic E-state index is 14.2. The number of phenolic OH excluding ortho intramolecular Hbond substituents is 1. The lowest BCUT2D eigenvalue weighted by Crippen LogP contribution is -2.63. The van der Waals surface area contributed by atoms with E-state index < -0.39 is 58.0 Å². The number of Topliss-reactive ketones (excluding diaryl/α,β-unsaturated/α-hetero) is 2. The standard InChI is InChI=1S/C36H36FN3O8/c1-40(2)30-24-14-19-13-23-21(22-12-18(7-10-26(22)48-3)16-39-15-17-5-4-6-20(37)11-17)8-9-25(41)28(23)31(42)27(19)33(44)36(24,47)34(45)29(32(30)43)35(38)46/h4-12,19,24,30,39,41,43-44,47H,13-16H2,1-3H3,(H2,38,46)/t19-,24-,30?,36-/m1/s1. The molecule has 0 radical (unpaired) electrons. The lowest BCUT2D eigenvalue weighted by Gasteiger charge is -2.50. The minimum absolute atomic E-state index is 0.0258. The second-order valence-corrected chi connectivity index (χ2v) is 12.7. The molecule has 3 aliphatic carbocycles. The van der Waals surface area contributed by atoms with Gasteiger partial charge in [-0.1, -0.05) is 24.3 Å². The molecule has 0 heterocycles. The first-order valence-corrected chi connectivity index (χ1v) is 15.4. The number of ketones is 2. The number of primary amides is 1. The largest absolute Gasteiger partial charge is 0.510 e. The van der Waals surface area contributed by atoms with Gasteiger partial charge in [0.05, 0.1) is 18.7 Å². The number of carbonyl (C=O) groups excluding carboxylic acids is 3. The Balaban J connectivity index is 1.42. The van der Waals surface area contributed by atoms with Crippen molar-refractivity contribution < 1.29 is 43.9 Å². The molecule has 4 atom stereocenters. The van der Waals surface area contributed by atoms with Crippen LogP contribution in [0, 0.1) is 17.7 Å². The Hall–Kier alpha value is -5.04. The third-order valence-electron chi connectivity index (χ3n) is 9.71. The van der Waals surface area contributed by atoms with Crippen LogP contribution in [0.1, 0.15) is 33.5 Å². The first-order chi connectivity index (χ1) is 22.8. The van der Waals surface area contributed by atoms with E-state index in [0.29, 0.717) is 35.5 Å². The Morgan fingerprint density at radius 2 is 1.75 bits per heavy atom. The summed E-state index contributed by atoms with van der Waals surface area (Å²) in [6.07, 6.45) is 0.103. The summed E-state index contributed by atoms with van der Waals surface area (Å²) in [5.41, 5.74) is 4.89. The van der Waals surface area contributed by atoms with Gasteiger partial charge in [0.25, 0.3) is 5.91 Å². The molecular weight excluding hydrogens is 621 g/mol. The molecule has 250 valence electrons. The topological polar surface area (TPSA) is 183 Å². The van der Waals surface area contributed by atoms with Gasteiger partial charge in [0.15, 0.2) is 11.4 Å². The van der Waals surface area contributed by atoms with Crippen LogP contribution in [0.4, 0.5) is 4.39 Å². The van der Waals surface area contributed by atoms with Crippen molar-refractivity contribution in [1.82, 2.24) is 10.2 Å². The van der Waals surface area contributed by atoms with E-state index >= 15 is 0 Å². The quantitative estimate of drug-likeness (QED) is 0.197. The minimum Gasteiger partial charge on any atom is -0.510 e. The number of hydrogen-bond acceptors (Lipinski definition) is 10. The summed E-state index contributed by atoms with van der Waals surface area (Å²) in [7, 11) is 4.67. The number of fused-ring (bicyclic) bond motifs is 3. The molecule has 0 fully saturated rings. The molecule has 0 spiro atoms. The highest BCUT2D eigenvalue weighted by Gasteiger charge is 2.63. The Bertz CT molecular complexity index is 1940. The van der Waals surface area contributed by atoms with Crippen LogP contribution in [0.5, 0.6) is 11.5 Å². The van der Waals surface area contributed by atoms with Crippen molar-refractivity contribution >= 4 is 17.5 Å². The Morgan fingerprint density at radius 3 is 2.40 bits per heavy atom. The first-order valence-electron chi connectivity index (χ1n) is 15.4. The summed E-state index contributed by atoms with van der Waals surface area (Å²) in [6, 6.07) is 13.8. The summed E-state index contributed by atoms with van der Waals surface area (Å²) >= 11 is 0. The van der Waals surface area contributed by atoms with Crippen LogP contribution in [0.15, 0.2) is 77.3 Å². The Kier molecular flexibility index (Phi) is 8.36. The molecule has 0 aromatic heterocycles. The minimum atomic E-state index is -2.71. The molecule has 6 rings (SSSR count). The van der Waals surface area contributed by atoms with Crippen molar-refractivity contribution in [2.45, 2.75) is 37.6 Å². The fraction of sp³-hybridized carbons (Fsp3) is 0.306. The fourth-order valence-corrected chi connectivity index (χ4v) is 7.58. The summed E-state index contributed by atoms with van der Waals surface area (Å²) in [4.78, 5) is 41.5. The number of methoxy groups -OCH3 is 1. The van der Waals surface area contributed by atoms with E-state index in [1.54, 1.807) is 32.3 Å². The number of phenols is 1. The second-order valence-electron chi connectivity index (χ2n) is 12.7. The number of aliphatic hydroxyl groups excluding tert-OH is 2. The van der Waals surface area contributed by atoms with E-state index in [1.807, 2.05) is 18.2 Å². The van der Waals surface area contributed by atoms with E-state index in [0.717, 1.165) is 11.1 Å². The highest BCUT2D eigenvalue weighted by Crippen LogP contribution is 2.53. The maximum Gasteiger partial charge on any atom is 0.255 e. The van der Waals surface area contributed by atoms with Gasteiger partial charge < -0.3 is 36.2 Å². The number of carbonyl (C=O) groups is 3. The number of nitrogens with two attached hydrogens (primary N) is 1. The monoisotopic (exact) mass is 657 g/mol. The van der Waals surface area contributed by atoms with Gasteiger partial charge >= 0.3 is 0 Å². The van der Waals surface area contributed by atoms with Crippen molar-refractivity contribution in [2.24, 2.45) is 17.6 Å². The lowest BCUT2D eigenvalue weighted by molar-refractivity contribution is -0.148. The van der Waals surface area contributed by atoms with Crippen molar-refractivity contribution in [2.75, 3.05) is 21.2 Å². The number of hydrogen-bond donors (Lipinski definition) is 6. The van der Waals surface area contributed by atoms with Crippen molar-refractivity contribution in [1.29, 1.82) is 0 Å². The molecule has 3 aromatic rings. The predicted molar refractivity (Wildman–Crippen MR) is 173 cm³/mol. The summed E-state index contributed by atoms with van der Waals surface area (Å²) in [5.74, 6) is -6.91. The average molecular weight is 658 g/mol. The number of halogens is 1. The molecule has 7 N–H and O–H groups in total. The van der Waals surface area contributed by atoms with Crippen molar-refractivity contribution in [3.8, 4) is 22.6 Å². The van der Waals surface area contributed by atoms with Gasteiger partial charge in [0, 0.05) is 30.1 Å². The number of nitrogens with zero attached hydrogens (tertiary/aromatic N) is 1. The number of rotatable bonds is 8. The first kappa shape index (κ1) is 32.9. The highest BCUT2D eigenvalue weighted by atomic mass is 19.1. The number of aliphatic hydroxyl groups is 3. The fourth-order valence-electron chi connectivity index (χ4n) is 7.58. The summed E-state index contributed by atoms with van der Waals surface area (Å²) in [6.45, 7) is 0.860. The molecule has 0 saturated heterocycles. The van der Waals surface area contributed by atoms with Gasteiger partial charge in [-0.15, -0.1) is 0 Å². The molecule has 11 nitrogen and oxygen atoms in total. The average Bonchev–Trinajstić information content (AvgIpc) is 3.02. The summed E-state index contributed by atoms with van der Waals surface area (Å²) < 4.78 is 19.3.